The highest BCUT2D eigenvalue weighted by Crippen LogP contribution is 2.33. The normalized spacial score (nSPS) is 13.4. The zero-order valence-corrected chi connectivity index (χ0v) is 15.8. The molecule has 2 aromatic carbocycles. The number of aromatic nitrogens is 2. The van der Waals surface area contributed by atoms with Gasteiger partial charge >= 0.3 is 6.18 Å². The molecule has 1 N–H and O–H groups in total. The fourth-order valence-corrected chi connectivity index (χ4v) is 4.10. The topological polar surface area (TPSA) is 46.9 Å². The molecule has 0 unspecified atom stereocenters. The quantitative estimate of drug-likeness (QED) is 0.619. The first-order chi connectivity index (χ1) is 13.8. The SMILES string of the molecule is O=C(NCc1c(-c2ccc(F)cc2)nc2n1CCS2)c1ccc(C(F)(F)F)cc1. The molecule has 0 spiro atoms. The van der Waals surface area contributed by atoms with Crippen LogP contribution >= 0.6 is 11.8 Å². The number of benzene rings is 2. The van der Waals surface area contributed by atoms with Crippen molar-refractivity contribution in [1.82, 2.24) is 14.9 Å². The third kappa shape index (κ3) is 4.00. The van der Waals surface area contributed by atoms with E-state index >= 15 is 0 Å². The molecule has 1 aromatic heterocycles. The number of imidazole rings is 1. The van der Waals surface area contributed by atoms with Crippen molar-refractivity contribution < 1.29 is 22.4 Å². The number of fused-ring (bicyclic) bond motifs is 1. The smallest absolute Gasteiger partial charge is 0.346 e. The van der Waals surface area contributed by atoms with Gasteiger partial charge in [-0.3, -0.25) is 4.79 Å². The van der Waals surface area contributed by atoms with Gasteiger partial charge in [-0.1, -0.05) is 11.8 Å². The zero-order valence-electron chi connectivity index (χ0n) is 15.0. The van der Waals surface area contributed by atoms with Crippen LogP contribution in [-0.4, -0.2) is 21.2 Å². The largest absolute Gasteiger partial charge is 0.416 e. The summed E-state index contributed by atoms with van der Waals surface area (Å²) in [5.41, 5.74) is 1.49. The Balaban J connectivity index is 1.55. The molecule has 9 heteroatoms. The van der Waals surface area contributed by atoms with E-state index in [-0.39, 0.29) is 17.9 Å². The van der Waals surface area contributed by atoms with E-state index < -0.39 is 17.6 Å². The lowest BCUT2D eigenvalue weighted by Gasteiger charge is -2.11. The van der Waals surface area contributed by atoms with E-state index in [9.17, 15) is 22.4 Å². The second-order valence-electron chi connectivity index (χ2n) is 6.45. The van der Waals surface area contributed by atoms with E-state index in [1.807, 2.05) is 4.57 Å². The van der Waals surface area contributed by atoms with Crippen molar-refractivity contribution in [2.75, 3.05) is 5.75 Å². The van der Waals surface area contributed by atoms with Gasteiger partial charge < -0.3 is 9.88 Å². The standard InChI is InChI=1S/C20H15F4N3OS/c21-15-7-3-12(4-8-15)17-16(27-9-10-29-19(27)26-17)11-25-18(28)13-1-5-14(6-2-13)20(22,23)24/h1-8H,9-11H2,(H,25,28). The molecule has 150 valence electrons. The summed E-state index contributed by atoms with van der Waals surface area (Å²) in [6.45, 7) is 0.889. The Morgan fingerprint density at radius 3 is 2.45 bits per heavy atom. The van der Waals surface area contributed by atoms with E-state index in [1.165, 1.54) is 12.1 Å². The average Bonchev–Trinajstić information content (AvgIpc) is 3.28. The number of hydrogen-bond acceptors (Lipinski definition) is 3. The number of nitrogens with zero attached hydrogens (tertiary/aromatic N) is 2. The molecule has 1 aliphatic heterocycles. The second-order valence-corrected chi connectivity index (χ2v) is 7.52. The predicted molar refractivity (Wildman–Crippen MR) is 101 cm³/mol. The molecule has 4 nitrogen and oxygen atoms in total. The summed E-state index contributed by atoms with van der Waals surface area (Å²) in [7, 11) is 0. The maximum atomic E-state index is 13.3. The van der Waals surface area contributed by atoms with Crippen LogP contribution in [0.3, 0.4) is 0 Å². The number of thioether (sulfide) groups is 1. The highest BCUT2D eigenvalue weighted by atomic mass is 32.2. The van der Waals surface area contributed by atoms with E-state index in [4.69, 9.17) is 0 Å². The van der Waals surface area contributed by atoms with E-state index in [0.717, 1.165) is 53.0 Å². The summed E-state index contributed by atoms with van der Waals surface area (Å²) in [4.78, 5) is 17.0. The Labute approximate surface area is 167 Å². The Kier molecular flexibility index (Phi) is 5.08. The highest BCUT2D eigenvalue weighted by Gasteiger charge is 2.30. The maximum Gasteiger partial charge on any atom is 0.416 e. The van der Waals surface area contributed by atoms with Gasteiger partial charge in [-0.15, -0.1) is 0 Å². The lowest BCUT2D eigenvalue weighted by molar-refractivity contribution is -0.137. The highest BCUT2D eigenvalue weighted by molar-refractivity contribution is 7.99. The third-order valence-electron chi connectivity index (χ3n) is 4.59. The first kappa shape index (κ1) is 19.5. The molecule has 0 saturated heterocycles. The van der Waals surface area contributed by atoms with Gasteiger partial charge in [-0.2, -0.15) is 13.2 Å². The molecule has 0 fully saturated rings. The van der Waals surface area contributed by atoms with Crippen molar-refractivity contribution in [3.63, 3.8) is 0 Å². The van der Waals surface area contributed by atoms with Crippen molar-refractivity contribution in [3.8, 4) is 11.3 Å². The monoisotopic (exact) mass is 421 g/mol. The lowest BCUT2D eigenvalue weighted by atomic mass is 10.1. The minimum atomic E-state index is -4.45. The van der Waals surface area contributed by atoms with Gasteiger partial charge in [0.05, 0.1) is 23.5 Å². The van der Waals surface area contributed by atoms with Gasteiger partial charge in [-0.05, 0) is 48.5 Å². The lowest BCUT2D eigenvalue weighted by Crippen LogP contribution is -2.24. The summed E-state index contributed by atoms with van der Waals surface area (Å²) in [6, 6.07) is 10.00. The molecule has 1 aliphatic rings. The Hall–Kier alpha value is -2.81. The molecule has 2 heterocycles. The van der Waals surface area contributed by atoms with Crippen molar-refractivity contribution in [2.24, 2.45) is 0 Å². The Morgan fingerprint density at radius 2 is 1.79 bits per heavy atom. The third-order valence-corrected chi connectivity index (χ3v) is 5.55. The van der Waals surface area contributed by atoms with Crippen LogP contribution in [0.4, 0.5) is 17.6 Å². The van der Waals surface area contributed by atoms with Crippen molar-refractivity contribution in [2.45, 2.75) is 24.4 Å². The molecule has 0 bridgehead atoms. The summed E-state index contributed by atoms with van der Waals surface area (Å²) in [5.74, 6) is 0.0308. The number of nitrogens with one attached hydrogen (secondary N) is 1. The van der Waals surface area contributed by atoms with Crippen LogP contribution in [-0.2, 0) is 19.3 Å². The second kappa shape index (κ2) is 7.55. The zero-order chi connectivity index (χ0) is 20.6. The van der Waals surface area contributed by atoms with Crippen LogP contribution in [0.1, 0.15) is 21.6 Å². The molecule has 3 aromatic rings. The van der Waals surface area contributed by atoms with Crippen LogP contribution in [0.25, 0.3) is 11.3 Å². The van der Waals surface area contributed by atoms with E-state index in [1.54, 1.807) is 23.9 Å². The van der Waals surface area contributed by atoms with Crippen LogP contribution in [0.15, 0.2) is 53.7 Å². The summed E-state index contributed by atoms with van der Waals surface area (Å²) >= 11 is 1.59. The predicted octanol–water partition coefficient (Wildman–Crippen LogP) is 4.74. The molecule has 29 heavy (non-hydrogen) atoms. The molecule has 0 saturated carbocycles. The van der Waals surface area contributed by atoms with Crippen LogP contribution < -0.4 is 5.32 Å². The van der Waals surface area contributed by atoms with E-state index in [2.05, 4.69) is 10.3 Å². The van der Waals surface area contributed by atoms with Crippen LogP contribution in [0, 0.1) is 5.82 Å². The van der Waals surface area contributed by atoms with E-state index in [0.29, 0.717) is 5.69 Å². The molecule has 0 aliphatic carbocycles. The maximum absolute atomic E-state index is 13.3. The summed E-state index contributed by atoms with van der Waals surface area (Å²) in [6.07, 6.45) is -4.45. The Bertz CT molecular complexity index is 1040. The molecule has 4 rings (SSSR count). The van der Waals surface area contributed by atoms with Gasteiger partial charge in [0.15, 0.2) is 5.16 Å². The fraction of sp³-hybridized carbons (Fsp3) is 0.200. The first-order valence-electron chi connectivity index (χ1n) is 8.76. The molecular formula is C20H15F4N3OS. The minimum absolute atomic E-state index is 0.136. The van der Waals surface area contributed by atoms with Crippen molar-refractivity contribution >= 4 is 17.7 Å². The molecule has 1 amide bonds. The number of carbonyl (C=O) groups is 1. The number of rotatable bonds is 4. The molecule has 0 radical (unpaired) electrons. The minimum Gasteiger partial charge on any atom is -0.346 e. The number of amides is 1. The average molecular weight is 421 g/mol. The Morgan fingerprint density at radius 1 is 1.10 bits per heavy atom. The van der Waals surface area contributed by atoms with Crippen LogP contribution in [0.2, 0.25) is 0 Å². The summed E-state index contributed by atoms with van der Waals surface area (Å²) < 4.78 is 53.3. The van der Waals surface area contributed by atoms with Crippen LogP contribution in [0.5, 0.6) is 0 Å². The molecule has 0 atom stereocenters. The fourth-order valence-electron chi connectivity index (χ4n) is 3.13. The van der Waals surface area contributed by atoms with Gasteiger partial charge in [0, 0.05) is 23.4 Å². The number of hydrogen-bond donors (Lipinski definition) is 1. The van der Waals surface area contributed by atoms with Gasteiger partial charge in [0.25, 0.3) is 5.91 Å². The number of alkyl halides is 3. The van der Waals surface area contributed by atoms with Crippen molar-refractivity contribution in [1.29, 1.82) is 0 Å². The number of carbonyl (C=O) groups excluding carboxylic acids is 1. The van der Waals surface area contributed by atoms with Gasteiger partial charge in [-0.25, -0.2) is 9.37 Å². The van der Waals surface area contributed by atoms with Crippen molar-refractivity contribution in [3.05, 3.63) is 71.2 Å². The first-order valence-corrected chi connectivity index (χ1v) is 9.75. The van der Waals surface area contributed by atoms with Gasteiger partial charge in [0.2, 0.25) is 0 Å². The number of halogens is 4. The van der Waals surface area contributed by atoms with Gasteiger partial charge in [0.1, 0.15) is 5.82 Å². The molecular weight excluding hydrogens is 406 g/mol. The summed E-state index contributed by atoms with van der Waals surface area (Å²) in [5, 5.41) is 3.57.